The van der Waals surface area contributed by atoms with Gasteiger partial charge in [0.05, 0.1) is 5.56 Å². The van der Waals surface area contributed by atoms with E-state index in [0.717, 1.165) is 4.90 Å². The van der Waals surface area contributed by atoms with Crippen molar-refractivity contribution in [3.63, 3.8) is 0 Å². The Labute approximate surface area is 114 Å². The van der Waals surface area contributed by atoms with Gasteiger partial charge in [0.2, 0.25) is 0 Å². The van der Waals surface area contributed by atoms with Gasteiger partial charge in [-0.05, 0) is 24.6 Å². The van der Waals surface area contributed by atoms with Crippen LogP contribution in [0.5, 0.6) is 0 Å². The van der Waals surface area contributed by atoms with Gasteiger partial charge in [-0.15, -0.1) is 0 Å². The molecule has 3 nitrogen and oxygen atoms in total. The molecule has 19 heavy (non-hydrogen) atoms. The standard InChI is InChI=1S/C12H14ClF3N2O/c1-2-5-18(7-12(14,15)16)11(19)9-4-3-8(13)6-10(9)17/h3-4,6H,2,5,7,17H2,1H3. The number of carbonyl (C=O) groups excluding carboxylic acids is 1. The SMILES string of the molecule is CCCN(CC(F)(F)F)C(=O)c1ccc(Cl)cc1N. The average Bonchev–Trinajstić information content (AvgIpc) is 2.26. The van der Waals surface area contributed by atoms with Crippen LogP contribution in [0.15, 0.2) is 18.2 Å². The molecule has 0 fully saturated rings. The molecule has 0 saturated heterocycles. The highest BCUT2D eigenvalue weighted by atomic mass is 35.5. The van der Waals surface area contributed by atoms with Crippen molar-refractivity contribution in [2.24, 2.45) is 0 Å². The Hall–Kier alpha value is -1.43. The topological polar surface area (TPSA) is 46.3 Å². The lowest BCUT2D eigenvalue weighted by Crippen LogP contribution is -2.39. The summed E-state index contributed by atoms with van der Waals surface area (Å²) in [6.45, 7) is 0.421. The highest BCUT2D eigenvalue weighted by Crippen LogP contribution is 2.22. The molecule has 1 aromatic rings. The molecular formula is C12H14ClF3N2O. The molecule has 106 valence electrons. The van der Waals surface area contributed by atoms with E-state index in [0.29, 0.717) is 11.4 Å². The second-order valence-electron chi connectivity index (χ2n) is 4.07. The Morgan fingerprint density at radius 2 is 2.05 bits per heavy atom. The highest BCUT2D eigenvalue weighted by Gasteiger charge is 2.33. The van der Waals surface area contributed by atoms with Crippen LogP contribution in [0.2, 0.25) is 5.02 Å². The van der Waals surface area contributed by atoms with Crippen LogP contribution in [-0.4, -0.2) is 30.1 Å². The van der Waals surface area contributed by atoms with Crippen LogP contribution in [0.3, 0.4) is 0 Å². The zero-order valence-electron chi connectivity index (χ0n) is 10.3. The van der Waals surface area contributed by atoms with Gasteiger partial charge in [-0.2, -0.15) is 13.2 Å². The van der Waals surface area contributed by atoms with Gasteiger partial charge in [-0.3, -0.25) is 4.79 Å². The molecule has 7 heteroatoms. The van der Waals surface area contributed by atoms with E-state index < -0.39 is 18.6 Å². The molecule has 0 unspecified atom stereocenters. The summed E-state index contributed by atoms with van der Waals surface area (Å²) in [6, 6.07) is 4.09. The van der Waals surface area contributed by atoms with Crippen molar-refractivity contribution < 1.29 is 18.0 Å². The number of amides is 1. The summed E-state index contributed by atoms with van der Waals surface area (Å²) in [4.78, 5) is 12.8. The fourth-order valence-electron chi connectivity index (χ4n) is 1.64. The third-order valence-electron chi connectivity index (χ3n) is 2.39. The van der Waals surface area contributed by atoms with Gasteiger partial charge in [0.1, 0.15) is 6.54 Å². The van der Waals surface area contributed by atoms with Gasteiger partial charge in [0, 0.05) is 17.3 Å². The molecule has 2 N–H and O–H groups in total. The number of carbonyl (C=O) groups is 1. The van der Waals surface area contributed by atoms with Crippen molar-refractivity contribution in [2.45, 2.75) is 19.5 Å². The lowest BCUT2D eigenvalue weighted by molar-refractivity contribution is -0.140. The van der Waals surface area contributed by atoms with Crippen LogP contribution < -0.4 is 5.73 Å². The molecule has 1 amide bonds. The van der Waals surface area contributed by atoms with E-state index in [-0.39, 0.29) is 17.8 Å². The third-order valence-corrected chi connectivity index (χ3v) is 2.63. The van der Waals surface area contributed by atoms with E-state index in [2.05, 4.69) is 0 Å². The maximum absolute atomic E-state index is 12.4. The first kappa shape index (κ1) is 15.6. The number of hydrogen-bond donors (Lipinski definition) is 1. The maximum atomic E-state index is 12.4. The van der Waals surface area contributed by atoms with Gasteiger partial charge in [0.25, 0.3) is 5.91 Å². The largest absolute Gasteiger partial charge is 0.406 e. The number of nitrogens with zero attached hydrogens (tertiary/aromatic N) is 1. The number of rotatable bonds is 4. The first-order valence-corrected chi connectivity index (χ1v) is 6.03. The van der Waals surface area contributed by atoms with Crippen molar-refractivity contribution in [2.75, 3.05) is 18.8 Å². The van der Waals surface area contributed by atoms with E-state index in [4.69, 9.17) is 17.3 Å². The zero-order valence-corrected chi connectivity index (χ0v) is 11.1. The van der Waals surface area contributed by atoms with E-state index in [9.17, 15) is 18.0 Å². The molecule has 0 aliphatic rings. The molecule has 0 aromatic heterocycles. The van der Waals surface area contributed by atoms with Gasteiger partial charge >= 0.3 is 6.18 Å². The van der Waals surface area contributed by atoms with Crippen molar-refractivity contribution >= 4 is 23.2 Å². The summed E-state index contributed by atoms with van der Waals surface area (Å²) in [5.41, 5.74) is 5.71. The van der Waals surface area contributed by atoms with E-state index in [1.807, 2.05) is 0 Å². The second kappa shape index (κ2) is 6.14. The van der Waals surface area contributed by atoms with Gasteiger partial charge in [-0.25, -0.2) is 0 Å². The highest BCUT2D eigenvalue weighted by molar-refractivity contribution is 6.31. The minimum atomic E-state index is -4.44. The van der Waals surface area contributed by atoms with Crippen molar-refractivity contribution in [3.8, 4) is 0 Å². The second-order valence-corrected chi connectivity index (χ2v) is 4.51. The molecule has 1 rings (SSSR count). The van der Waals surface area contributed by atoms with Gasteiger partial charge < -0.3 is 10.6 Å². The fraction of sp³-hybridized carbons (Fsp3) is 0.417. The van der Waals surface area contributed by atoms with E-state index in [1.54, 1.807) is 6.92 Å². The summed E-state index contributed by atoms with van der Waals surface area (Å²) >= 11 is 5.68. The fourth-order valence-corrected chi connectivity index (χ4v) is 1.82. The number of nitrogen functional groups attached to an aromatic ring is 1. The number of benzene rings is 1. The predicted octanol–water partition coefficient (Wildman–Crippen LogP) is 3.34. The molecule has 0 saturated carbocycles. The smallest absolute Gasteiger partial charge is 0.398 e. The maximum Gasteiger partial charge on any atom is 0.406 e. The molecule has 0 atom stereocenters. The van der Waals surface area contributed by atoms with Crippen LogP contribution in [0.4, 0.5) is 18.9 Å². The summed E-state index contributed by atoms with van der Waals surface area (Å²) in [7, 11) is 0. The Morgan fingerprint density at radius 1 is 1.42 bits per heavy atom. The van der Waals surface area contributed by atoms with Gasteiger partial charge in [0.15, 0.2) is 0 Å². The van der Waals surface area contributed by atoms with Crippen molar-refractivity contribution in [1.82, 2.24) is 4.90 Å². The number of halogens is 4. The normalized spacial score (nSPS) is 11.4. The summed E-state index contributed by atoms with van der Waals surface area (Å²) in [6.07, 6.45) is -4.01. The van der Waals surface area contributed by atoms with Crippen molar-refractivity contribution in [3.05, 3.63) is 28.8 Å². The Morgan fingerprint density at radius 3 is 2.53 bits per heavy atom. The molecule has 0 radical (unpaired) electrons. The predicted molar refractivity (Wildman–Crippen MR) is 68.1 cm³/mol. The number of anilines is 1. The molecule has 0 aliphatic heterocycles. The molecule has 0 bridgehead atoms. The lowest BCUT2D eigenvalue weighted by Gasteiger charge is -2.24. The van der Waals surface area contributed by atoms with Crippen molar-refractivity contribution in [1.29, 1.82) is 0 Å². The summed E-state index contributed by atoms with van der Waals surface area (Å²) in [5, 5.41) is 0.326. The van der Waals surface area contributed by atoms with E-state index >= 15 is 0 Å². The third kappa shape index (κ3) is 4.63. The number of alkyl halides is 3. The molecule has 1 aromatic carbocycles. The average molecular weight is 295 g/mol. The number of nitrogens with two attached hydrogens (primary N) is 1. The lowest BCUT2D eigenvalue weighted by atomic mass is 10.1. The molecule has 0 spiro atoms. The van der Waals surface area contributed by atoms with Crippen LogP contribution in [-0.2, 0) is 0 Å². The first-order valence-electron chi connectivity index (χ1n) is 5.65. The minimum absolute atomic E-state index is 0.0143. The summed E-state index contributed by atoms with van der Waals surface area (Å²) in [5.74, 6) is -0.742. The molecule has 0 heterocycles. The minimum Gasteiger partial charge on any atom is -0.398 e. The van der Waals surface area contributed by atoms with Crippen LogP contribution in [0.25, 0.3) is 0 Å². The Balaban J connectivity index is 2.99. The summed E-state index contributed by atoms with van der Waals surface area (Å²) < 4.78 is 37.3. The molecule has 0 aliphatic carbocycles. The zero-order chi connectivity index (χ0) is 14.6. The van der Waals surface area contributed by atoms with Crippen LogP contribution >= 0.6 is 11.6 Å². The van der Waals surface area contributed by atoms with Crippen LogP contribution in [0, 0.1) is 0 Å². The Kier molecular flexibility index (Phi) is 5.05. The quantitative estimate of drug-likeness (QED) is 0.866. The van der Waals surface area contributed by atoms with Gasteiger partial charge in [-0.1, -0.05) is 18.5 Å². The van der Waals surface area contributed by atoms with E-state index in [1.165, 1.54) is 18.2 Å². The number of hydrogen-bond acceptors (Lipinski definition) is 2. The Bertz CT molecular complexity index is 463. The molecular weight excluding hydrogens is 281 g/mol. The first-order chi connectivity index (χ1) is 8.74. The van der Waals surface area contributed by atoms with Crippen LogP contribution in [0.1, 0.15) is 23.7 Å². The monoisotopic (exact) mass is 294 g/mol.